The van der Waals surface area contributed by atoms with Crippen molar-refractivity contribution in [3.8, 4) is 0 Å². The van der Waals surface area contributed by atoms with Crippen molar-refractivity contribution in [2.75, 3.05) is 38.2 Å². The number of aliphatic hydroxyl groups is 1. The molecular weight excluding hydrogens is 409 g/mol. The average Bonchev–Trinajstić information content (AvgIpc) is 2.43. The Kier molecular flexibility index (Phi) is 19.7. The summed E-state index contributed by atoms with van der Waals surface area (Å²) in [5.41, 5.74) is 0. The van der Waals surface area contributed by atoms with Crippen LogP contribution in [0, 0.1) is 11.8 Å². The second-order valence-corrected chi connectivity index (χ2v) is 6.84. The Morgan fingerprint density at radius 3 is 2.50 bits per heavy atom. The first-order valence-electron chi connectivity index (χ1n) is 8.25. The molecule has 0 aliphatic carbocycles. The van der Waals surface area contributed by atoms with Gasteiger partial charge in [0, 0.05) is 26.2 Å². The summed E-state index contributed by atoms with van der Waals surface area (Å²) in [6.07, 6.45) is 6.53. The van der Waals surface area contributed by atoms with Gasteiger partial charge in [0.2, 0.25) is 0 Å². The number of hydrogen-bond donors (Lipinski definition) is 3. The predicted molar refractivity (Wildman–Crippen MR) is 112 cm³/mol. The quantitative estimate of drug-likeness (QED) is 0.187. The van der Waals surface area contributed by atoms with Gasteiger partial charge >= 0.3 is 0 Å². The van der Waals surface area contributed by atoms with Crippen LogP contribution in [0.1, 0.15) is 46.5 Å². The van der Waals surface area contributed by atoms with Crippen molar-refractivity contribution in [2.45, 2.75) is 46.5 Å². The van der Waals surface area contributed by atoms with Crippen LogP contribution in [0.4, 0.5) is 0 Å². The van der Waals surface area contributed by atoms with Crippen molar-refractivity contribution in [3.05, 3.63) is 0 Å². The summed E-state index contributed by atoms with van der Waals surface area (Å²) in [6.45, 7) is 9.44. The molecule has 0 aromatic heterocycles. The van der Waals surface area contributed by atoms with Crippen LogP contribution in [-0.2, 0) is 0 Å². The van der Waals surface area contributed by atoms with Gasteiger partial charge in [-0.3, -0.25) is 4.99 Å². The first kappa shape index (κ1) is 24.6. The SMILES string of the molecule is CCNC(=NCC(CCO)CC(C)C)NCCCCSC.I. The van der Waals surface area contributed by atoms with Crippen LogP contribution >= 0.6 is 35.7 Å². The Morgan fingerprint density at radius 2 is 1.95 bits per heavy atom. The molecule has 0 aliphatic rings. The fourth-order valence-electron chi connectivity index (χ4n) is 2.27. The van der Waals surface area contributed by atoms with Gasteiger partial charge < -0.3 is 15.7 Å². The highest BCUT2D eigenvalue weighted by atomic mass is 127. The van der Waals surface area contributed by atoms with Gasteiger partial charge in [0.1, 0.15) is 0 Å². The third kappa shape index (κ3) is 15.2. The normalized spacial score (nSPS) is 12.9. The second kappa shape index (κ2) is 17.7. The third-order valence-electron chi connectivity index (χ3n) is 3.26. The number of nitrogens with zero attached hydrogens (tertiary/aromatic N) is 1. The van der Waals surface area contributed by atoms with Crippen LogP contribution in [0.15, 0.2) is 4.99 Å². The number of nitrogens with one attached hydrogen (secondary N) is 2. The number of thioether (sulfide) groups is 1. The van der Waals surface area contributed by atoms with Gasteiger partial charge in [-0.25, -0.2) is 0 Å². The minimum atomic E-state index is 0. The molecule has 0 spiro atoms. The smallest absolute Gasteiger partial charge is 0.191 e. The van der Waals surface area contributed by atoms with Crippen molar-refractivity contribution in [3.63, 3.8) is 0 Å². The van der Waals surface area contributed by atoms with Crippen molar-refractivity contribution in [1.29, 1.82) is 0 Å². The number of unbranched alkanes of at least 4 members (excludes halogenated alkanes) is 1. The minimum Gasteiger partial charge on any atom is -0.396 e. The van der Waals surface area contributed by atoms with Crippen LogP contribution in [0.5, 0.6) is 0 Å². The standard InChI is InChI=1S/C16H35N3OS.HI/c1-5-17-16(18-9-6-7-11-21-4)19-13-15(8-10-20)12-14(2)3;/h14-15,20H,5-13H2,1-4H3,(H2,17,18,19);1H. The van der Waals surface area contributed by atoms with Crippen LogP contribution in [0.2, 0.25) is 0 Å². The predicted octanol–water partition coefficient (Wildman–Crippen LogP) is 3.35. The summed E-state index contributed by atoms with van der Waals surface area (Å²) in [5, 5.41) is 15.9. The van der Waals surface area contributed by atoms with E-state index in [1.54, 1.807) is 0 Å². The van der Waals surface area contributed by atoms with Crippen molar-refractivity contribution in [2.24, 2.45) is 16.8 Å². The largest absolute Gasteiger partial charge is 0.396 e. The Labute approximate surface area is 158 Å². The molecule has 134 valence electrons. The summed E-state index contributed by atoms with van der Waals surface area (Å²) in [4.78, 5) is 4.68. The topological polar surface area (TPSA) is 56.7 Å². The van der Waals surface area contributed by atoms with E-state index in [2.05, 4.69) is 42.7 Å². The molecule has 0 rings (SSSR count). The number of guanidine groups is 1. The minimum absolute atomic E-state index is 0. The van der Waals surface area contributed by atoms with E-state index in [4.69, 9.17) is 5.11 Å². The number of halogens is 1. The lowest BCUT2D eigenvalue weighted by Gasteiger charge is -2.17. The van der Waals surface area contributed by atoms with E-state index in [-0.39, 0.29) is 30.6 Å². The molecule has 4 nitrogen and oxygen atoms in total. The maximum atomic E-state index is 9.16. The highest BCUT2D eigenvalue weighted by Gasteiger charge is 2.10. The maximum absolute atomic E-state index is 9.16. The van der Waals surface area contributed by atoms with Crippen LogP contribution in [0.25, 0.3) is 0 Å². The Hall–Kier alpha value is 0.310. The number of hydrogen-bond acceptors (Lipinski definition) is 3. The molecule has 0 aliphatic heterocycles. The molecule has 1 atom stereocenters. The molecule has 22 heavy (non-hydrogen) atoms. The second-order valence-electron chi connectivity index (χ2n) is 5.85. The zero-order chi connectivity index (χ0) is 15.9. The fourth-order valence-corrected chi connectivity index (χ4v) is 2.77. The summed E-state index contributed by atoms with van der Waals surface area (Å²) in [5.74, 6) is 3.26. The lowest BCUT2D eigenvalue weighted by atomic mass is 9.94. The lowest BCUT2D eigenvalue weighted by Crippen LogP contribution is -2.38. The lowest BCUT2D eigenvalue weighted by molar-refractivity contribution is 0.245. The van der Waals surface area contributed by atoms with Gasteiger partial charge in [-0.2, -0.15) is 11.8 Å². The molecule has 6 heteroatoms. The summed E-state index contributed by atoms with van der Waals surface area (Å²) in [7, 11) is 0. The maximum Gasteiger partial charge on any atom is 0.191 e. The van der Waals surface area contributed by atoms with Gasteiger partial charge in [0.05, 0.1) is 0 Å². The number of aliphatic imine (C=N–C) groups is 1. The average molecular weight is 445 g/mol. The summed E-state index contributed by atoms with van der Waals surface area (Å²) < 4.78 is 0. The highest BCUT2D eigenvalue weighted by molar-refractivity contribution is 14.0. The van der Waals surface area contributed by atoms with E-state index in [1.807, 2.05) is 11.8 Å². The van der Waals surface area contributed by atoms with Gasteiger partial charge in [-0.05, 0) is 56.5 Å². The van der Waals surface area contributed by atoms with Gasteiger partial charge in [0.25, 0.3) is 0 Å². The summed E-state index contributed by atoms with van der Waals surface area (Å²) >= 11 is 1.90. The molecule has 0 radical (unpaired) electrons. The van der Waals surface area contributed by atoms with E-state index in [9.17, 15) is 0 Å². The highest BCUT2D eigenvalue weighted by Crippen LogP contribution is 2.15. The van der Waals surface area contributed by atoms with Crippen LogP contribution in [-0.4, -0.2) is 49.3 Å². The zero-order valence-corrected chi connectivity index (χ0v) is 17.9. The van der Waals surface area contributed by atoms with E-state index in [0.29, 0.717) is 11.8 Å². The van der Waals surface area contributed by atoms with Crippen molar-refractivity contribution >= 4 is 41.7 Å². The molecule has 3 N–H and O–H groups in total. The molecule has 0 aromatic carbocycles. The summed E-state index contributed by atoms with van der Waals surface area (Å²) in [6, 6.07) is 0. The number of rotatable bonds is 12. The fraction of sp³-hybridized carbons (Fsp3) is 0.938. The first-order chi connectivity index (χ1) is 10.1. The monoisotopic (exact) mass is 445 g/mol. The molecular formula is C16H36IN3OS. The Balaban J connectivity index is 0. The molecule has 0 saturated carbocycles. The Bertz CT molecular complexity index is 266. The van der Waals surface area contributed by atoms with E-state index >= 15 is 0 Å². The van der Waals surface area contributed by atoms with E-state index in [0.717, 1.165) is 38.4 Å². The molecule has 0 heterocycles. The zero-order valence-electron chi connectivity index (χ0n) is 14.7. The van der Waals surface area contributed by atoms with Crippen molar-refractivity contribution in [1.82, 2.24) is 10.6 Å². The van der Waals surface area contributed by atoms with E-state index < -0.39 is 0 Å². The first-order valence-corrected chi connectivity index (χ1v) is 9.65. The molecule has 0 bridgehead atoms. The molecule has 0 amide bonds. The third-order valence-corrected chi connectivity index (χ3v) is 3.96. The van der Waals surface area contributed by atoms with Gasteiger partial charge in [-0.1, -0.05) is 13.8 Å². The van der Waals surface area contributed by atoms with Gasteiger partial charge in [0.15, 0.2) is 5.96 Å². The molecule has 0 aromatic rings. The molecule has 1 unspecified atom stereocenters. The van der Waals surface area contributed by atoms with Crippen LogP contribution < -0.4 is 10.6 Å². The molecule has 0 fully saturated rings. The van der Waals surface area contributed by atoms with Crippen LogP contribution in [0.3, 0.4) is 0 Å². The number of aliphatic hydroxyl groups excluding tert-OH is 1. The molecule has 0 saturated heterocycles. The van der Waals surface area contributed by atoms with E-state index in [1.165, 1.54) is 18.6 Å². The van der Waals surface area contributed by atoms with Gasteiger partial charge in [-0.15, -0.1) is 24.0 Å². The Morgan fingerprint density at radius 1 is 1.23 bits per heavy atom. The van der Waals surface area contributed by atoms with Crippen molar-refractivity contribution < 1.29 is 5.11 Å².